The molecule has 0 N–H and O–H groups in total. The van der Waals surface area contributed by atoms with Gasteiger partial charge in [-0.15, -0.1) is 0 Å². The molecule has 2 aliphatic heterocycles. The molecule has 0 aromatic carbocycles. The summed E-state index contributed by atoms with van der Waals surface area (Å²) in [4.78, 5) is 21.0. The van der Waals surface area contributed by atoms with Crippen molar-refractivity contribution in [2.45, 2.75) is 32.2 Å². The van der Waals surface area contributed by atoms with Gasteiger partial charge >= 0.3 is 0 Å². The van der Waals surface area contributed by atoms with Crippen molar-refractivity contribution < 1.29 is 9.53 Å². The molecule has 2 aliphatic rings. The molecule has 2 unspecified atom stereocenters. The van der Waals surface area contributed by atoms with E-state index in [2.05, 4.69) is 27.9 Å². The Labute approximate surface area is 145 Å². The number of nitrogens with zero attached hydrogens (tertiary/aromatic N) is 3. The summed E-state index contributed by atoms with van der Waals surface area (Å²) in [6, 6.07) is 4.09. The summed E-state index contributed by atoms with van der Waals surface area (Å²) in [6.07, 6.45) is 7.65. The van der Waals surface area contributed by atoms with Crippen LogP contribution in [0.3, 0.4) is 0 Å². The van der Waals surface area contributed by atoms with E-state index in [9.17, 15) is 4.79 Å². The van der Waals surface area contributed by atoms with E-state index < -0.39 is 0 Å². The Morgan fingerprint density at radius 3 is 3.08 bits per heavy atom. The van der Waals surface area contributed by atoms with Gasteiger partial charge in [0.15, 0.2) is 0 Å². The van der Waals surface area contributed by atoms with Crippen molar-refractivity contribution in [3.8, 4) is 0 Å². The van der Waals surface area contributed by atoms with Gasteiger partial charge in [0.25, 0.3) is 0 Å². The van der Waals surface area contributed by atoms with Crippen LogP contribution in [0, 0.1) is 11.8 Å². The average molecular weight is 331 g/mol. The Balaban J connectivity index is 1.37. The normalized spacial score (nSPS) is 24.0. The molecule has 0 bridgehead atoms. The first-order valence-corrected chi connectivity index (χ1v) is 9.13. The number of ether oxygens (including phenoxy) is 1. The quantitative estimate of drug-likeness (QED) is 0.768. The molecule has 1 aromatic heterocycles. The van der Waals surface area contributed by atoms with Gasteiger partial charge in [0.2, 0.25) is 5.91 Å². The van der Waals surface area contributed by atoms with Crippen LogP contribution in [0.5, 0.6) is 0 Å². The summed E-state index contributed by atoms with van der Waals surface area (Å²) < 4.78 is 5.39. The highest BCUT2D eigenvalue weighted by Gasteiger charge is 2.27. The van der Waals surface area contributed by atoms with Gasteiger partial charge in [-0.3, -0.25) is 9.78 Å². The van der Waals surface area contributed by atoms with Crippen molar-refractivity contribution in [1.82, 2.24) is 14.8 Å². The maximum atomic E-state index is 12.4. The van der Waals surface area contributed by atoms with Gasteiger partial charge < -0.3 is 14.5 Å². The van der Waals surface area contributed by atoms with Crippen LogP contribution in [-0.2, 0) is 16.1 Å². The summed E-state index contributed by atoms with van der Waals surface area (Å²) in [5, 5.41) is 0. The van der Waals surface area contributed by atoms with Gasteiger partial charge in [-0.25, -0.2) is 0 Å². The minimum Gasteiger partial charge on any atom is -0.381 e. The molecule has 0 aliphatic carbocycles. The predicted octanol–water partition coefficient (Wildman–Crippen LogP) is 2.18. The lowest BCUT2D eigenvalue weighted by atomic mass is 10.0. The van der Waals surface area contributed by atoms with Crippen LogP contribution in [-0.4, -0.2) is 60.6 Å². The zero-order valence-electron chi connectivity index (χ0n) is 14.7. The zero-order chi connectivity index (χ0) is 16.8. The van der Waals surface area contributed by atoms with Crippen molar-refractivity contribution in [3.63, 3.8) is 0 Å². The zero-order valence-corrected chi connectivity index (χ0v) is 14.7. The number of carbonyl (C=O) groups is 1. The van der Waals surface area contributed by atoms with Crippen LogP contribution in [0.1, 0.15) is 31.2 Å². The number of rotatable bonds is 7. The number of amides is 1. The van der Waals surface area contributed by atoms with E-state index in [0.29, 0.717) is 24.2 Å². The second kappa shape index (κ2) is 8.58. The Morgan fingerprint density at radius 2 is 2.33 bits per heavy atom. The van der Waals surface area contributed by atoms with E-state index in [1.165, 1.54) is 5.56 Å². The first-order chi connectivity index (χ1) is 11.7. The maximum absolute atomic E-state index is 12.4. The first-order valence-electron chi connectivity index (χ1n) is 9.13. The Morgan fingerprint density at radius 1 is 1.42 bits per heavy atom. The fraction of sp³-hybridized carbons (Fsp3) is 0.684. The minimum absolute atomic E-state index is 0.333. The molecule has 5 nitrogen and oxygen atoms in total. The summed E-state index contributed by atoms with van der Waals surface area (Å²) in [5.74, 6) is 1.52. The fourth-order valence-corrected chi connectivity index (χ4v) is 3.81. The van der Waals surface area contributed by atoms with Gasteiger partial charge in [-0.2, -0.15) is 0 Å². The molecule has 5 heteroatoms. The highest BCUT2D eigenvalue weighted by Crippen LogP contribution is 2.22. The molecule has 1 amide bonds. The topological polar surface area (TPSA) is 45.7 Å². The van der Waals surface area contributed by atoms with Crippen molar-refractivity contribution in [1.29, 1.82) is 0 Å². The van der Waals surface area contributed by atoms with Crippen LogP contribution in [0.4, 0.5) is 0 Å². The van der Waals surface area contributed by atoms with Crippen LogP contribution in [0.2, 0.25) is 0 Å². The number of likely N-dealkylation sites (tertiary alicyclic amines) is 1. The van der Waals surface area contributed by atoms with Crippen LogP contribution < -0.4 is 0 Å². The molecule has 1 aromatic rings. The highest BCUT2D eigenvalue weighted by atomic mass is 16.5. The predicted molar refractivity (Wildman–Crippen MR) is 93.4 cm³/mol. The fourth-order valence-electron chi connectivity index (χ4n) is 3.81. The van der Waals surface area contributed by atoms with Gasteiger partial charge in [-0.05, 0) is 49.8 Å². The highest BCUT2D eigenvalue weighted by molar-refractivity contribution is 5.76. The Bertz CT molecular complexity index is 517. The minimum atomic E-state index is 0.333. The number of hydrogen-bond acceptors (Lipinski definition) is 4. The lowest BCUT2D eigenvalue weighted by molar-refractivity contribution is -0.130. The summed E-state index contributed by atoms with van der Waals surface area (Å²) in [5.41, 5.74) is 1.24. The van der Waals surface area contributed by atoms with E-state index in [4.69, 9.17) is 4.74 Å². The lowest BCUT2D eigenvalue weighted by Crippen LogP contribution is -2.31. The second-order valence-electron chi connectivity index (χ2n) is 7.32. The van der Waals surface area contributed by atoms with E-state index in [0.717, 1.165) is 58.7 Å². The second-order valence-corrected chi connectivity index (χ2v) is 7.32. The Hall–Kier alpha value is -1.46. The molecule has 0 radical (unpaired) electrons. The molecule has 2 fully saturated rings. The standard InChI is InChI=1S/C19H29N3O2/c1-21(12-17-3-2-8-20-11-17)13-18-6-9-22(14-18)19(23)5-4-16-7-10-24-15-16/h2-3,8,11,16,18H,4-7,9-10,12-15H2,1H3. The summed E-state index contributed by atoms with van der Waals surface area (Å²) in [7, 11) is 2.15. The summed E-state index contributed by atoms with van der Waals surface area (Å²) in [6.45, 7) is 5.50. The third-order valence-electron chi connectivity index (χ3n) is 5.17. The van der Waals surface area contributed by atoms with Crippen LogP contribution in [0.15, 0.2) is 24.5 Å². The van der Waals surface area contributed by atoms with E-state index in [1.807, 2.05) is 18.5 Å². The number of pyridine rings is 1. The van der Waals surface area contributed by atoms with E-state index in [1.54, 1.807) is 0 Å². The number of aromatic nitrogens is 1. The monoisotopic (exact) mass is 331 g/mol. The van der Waals surface area contributed by atoms with Crippen molar-refractivity contribution in [2.75, 3.05) is 39.9 Å². The van der Waals surface area contributed by atoms with Gasteiger partial charge in [-0.1, -0.05) is 6.07 Å². The molecule has 3 heterocycles. The maximum Gasteiger partial charge on any atom is 0.222 e. The average Bonchev–Trinajstić information content (AvgIpc) is 3.25. The number of hydrogen-bond donors (Lipinski definition) is 0. The van der Waals surface area contributed by atoms with Crippen LogP contribution >= 0.6 is 0 Å². The third kappa shape index (κ3) is 5.02. The molecule has 3 rings (SSSR count). The molecule has 2 atom stereocenters. The van der Waals surface area contributed by atoms with Crippen molar-refractivity contribution in [3.05, 3.63) is 30.1 Å². The SMILES string of the molecule is CN(Cc1cccnc1)CC1CCN(C(=O)CCC2CCOC2)C1. The van der Waals surface area contributed by atoms with Gasteiger partial charge in [0, 0.05) is 58.2 Å². The van der Waals surface area contributed by atoms with Gasteiger partial charge in [0.05, 0.1) is 0 Å². The van der Waals surface area contributed by atoms with Crippen molar-refractivity contribution >= 4 is 5.91 Å². The summed E-state index contributed by atoms with van der Waals surface area (Å²) >= 11 is 0. The van der Waals surface area contributed by atoms with E-state index >= 15 is 0 Å². The Kier molecular flexibility index (Phi) is 6.21. The van der Waals surface area contributed by atoms with Gasteiger partial charge in [0.1, 0.15) is 0 Å². The van der Waals surface area contributed by atoms with E-state index in [-0.39, 0.29) is 0 Å². The molecular formula is C19H29N3O2. The largest absolute Gasteiger partial charge is 0.381 e. The number of carbonyl (C=O) groups excluding carboxylic acids is 1. The molecular weight excluding hydrogens is 302 g/mol. The van der Waals surface area contributed by atoms with Crippen LogP contribution in [0.25, 0.3) is 0 Å². The molecule has 2 saturated heterocycles. The first kappa shape index (κ1) is 17.4. The smallest absolute Gasteiger partial charge is 0.222 e. The third-order valence-corrected chi connectivity index (χ3v) is 5.17. The molecule has 0 saturated carbocycles. The lowest BCUT2D eigenvalue weighted by Gasteiger charge is -2.22. The van der Waals surface area contributed by atoms with Crippen molar-refractivity contribution in [2.24, 2.45) is 11.8 Å². The molecule has 0 spiro atoms. The molecule has 24 heavy (non-hydrogen) atoms. The molecule has 132 valence electrons.